The minimum atomic E-state index is -0.720. The van der Waals surface area contributed by atoms with Crippen molar-refractivity contribution >= 4 is 30.5 Å². The van der Waals surface area contributed by atoms with E-state index in [-0.39, 0.29) is 18.0 Å². The van der Waals surface area contributed by atoms with Crippen molar-refractivity contribution in [2.75, 3.05) is 5.32 Å². The first-order valence-corrected chi connectivity index (χ1v) is 12.4. The van der Waals surface area contributed by atoms with E-state index in [0.717, 1.165) is 31.1 Å². The molecule has 1 aromatic rings. The highest BCUT2D eigenvalue weighted by molar-refractivity contribution is 6.61. The van der Waals surface area contributed by atoms with E-state index in [1.165, 1.54) is 0 Å². The number of aromatic nitrogens is 2. The number of carbonyl (C=O) groups is 2. The Hall–Kier alpha value is -2.40. The van der Waals surface area contributed by atoms with Gasteiger partial charge in [-0.25, -0.2) is 14.8 Å². The van der Waals surface area contributed by atoms with Gasteiger partial charge in [-0.2, -0.15) is 0 Å². The van der Waals surface area contributed by atoms with Crippen LogP contribution in [-0.2, 0) is 18.8 Å². The summed E-state index contributed by atoms with van der Waals surface area (Å²) in [5.41, 5.74) is -0.740. The van der Waals surface area contributed by atoms with E-state index in [1.807, 2.05) is 27.7 Å². The van der Waals surface area contributed by atoms with Crippen LogP contribution in [0, 0.1) is 0 Å². The second kappa shape index (κ2) is 10.3. The van der Waals surface area contributed by atoms with Gasteiger partial charge in [0.25, 0.3) is 0 Å². The number of hydrogen-bond donors (Lipinski definition) is 3. The molecule has 1 saturated heterocycles. The van der Waals surface area contributed by atoms with E-state index in [9.17, 15) is 9.59 Å². The summed E-state index contributed by atoms with van der Waals surface area (Å²) in [6.07, 6.45) is 6.56. The van der Waals surface area contributed by atoms with Gasteiger partial charge in [-0.3, -0.25) is 4.79 Å². The number of nitrogens with one attached hydrogen (secondary N) is 3. The maximum absolute atomic E-state index is 12.7. The first-order chi connectivity index (χ1) is 16.2. The van der Waals surface area contributed by atoms with Crippen molar-refractivity contribution in [3.05, 3.63) is 12.4 Å². The highest BCUT2D eigenvalue weighted by atomic mass is 16.7. The fourth-order valence-electron chi connectivity index (χ4n) is 4.01. The Bertz CT molecular complexity index is 887. The van der Waals surface area contributed by atoms with Crippen molar-refractivity contribution in [2.45, 2.75) is 116 Å². The number of rotatable bonds is 6. The molecule has 1 aliphatic heterocycles. The molecule has 3 atom stereocenters. The fraction of sp³-hybridized carbons (Fsp3) is 0.750. The van der Waals surface area contributed by atoms with Gasteiger partial charge in [0.15, 0.2) is 0 Å². The molecule has 0 bridgehead atoms. The lowest BCUT2D eigenvalue weighted by Gasteiger charge is -2.33. The molecule has 2 heterocycles. The number of hydrogen-bond acceptors (Lipinski definition) is 8. The molecule has 0 aromatic carbocycles. The standard InChI is InChI=1S/C24H40BN5O5/c1-15(28-21(32)33-22(2,3)4)19(31)29-17-11-9-10-12-18(17)30-20-26-13-16(14-27-20)25-34-23(5,6)24(7,8)35-25/h13-15,17-18H,9-12H2,1-8H3,(H,28,32)(H,29,31)(H,26,27,30). The second-order valence-corrected chi connectivity index (χ2v) is 11.4. The minimum absolute atomic E-state index is 0.0240. The van der Waals surface area contributed by atoms with Crippen LogP contribution >= 0.6 is 0 Å². The predicted molar refractivity (Wildman–Crippen MR) is 134 cm³/mol. The number of alkyl carbamates (subject to hydrolysis) is 1. The summed E-state index contributed by atoms with van der Waals surface area (Å²) >= 11 is 0. The molecule has 3 N–H and O–H groups in total. The summed E-state index contributed by atoms with van der Waals surface area (Å²) in [5, 5.41) is 9.02. The summed E-state index contributed by atoms with van der Waals surface area (Å²) in [6.45, 7) is 15.0. The van der Waals surface area contributed by atoms with E-state index in [1.54, 1.807) is 40.1 Å². The molecule has 35 heavy (non-hydrogen) atoms. The quantitative estimate of drug-likeness (QED) is 0.521. The summed E-state index contributed by atoms with van der Waals surface area (Å²) in [6, 6.07) is -0.850. The molecular weight excluding hydrogens is 449 g/mol. The molecule has 10 nitrogen and oxygen atoms in total. The Kier molecular flexibility index (Phi) is 8.01. The van der Waals surface area contributed by atoms with E-state index in [0.29, 0.717) is 5.95 Å². The summed E-state index contributed by atoms with van der Waals surface area (Å²) in [4.78, 5) is 33.7. The van der Waals surface area contributed by atoms with E-state index >= 15 is 0 Å². The highest BCUT2D eigenvalue weighted by Crippen LogP contribution is 2.36. The third-order valence-corrected chi connectivity index (χ3v) is 6.73. The van der Waals surface area contributed by atoms with Gasteiger partial charge >= 0.3 is 13.2 Å². The molecular formula is C24H40BN5O5. The second-order valence-electron chi connectivity index (χ2n) is 11.4. The highest BCUT2D eigenvalue weighted by Gasteiger charge is 2.52. The molecule has 1 aliphatic carbocycles. The van der Waals surface area contributed by atoms with E-state index in [2.05, 4.69) is 25.9 Å². The first-order valence-electron chi connectivity index (χ1n) is 12.4. The van der Waals surface area contributed by atoms with Gasteiger partial charge in [0.05, 0.1) is 11.2 Å². The lowest BCUT2D eigenvalue weighted by molar-refractivity contribution is -0.123. The number of nitrogens with zero attached hydrogens (tertiary/aromatic N) is 2. The molecule has 194 valence electrons. The molecule has 2 amide bonds. The van der Waals surface area contributed by atoms with Crippen LogP contribution in [0.25, 0.3) is 0 Å². The van der Waals surface area contributed by atoms with Gasteiger partial charge in [0, 0.05) is 29.9 Å². The zero-order chi connectivity index (χ0) is 26.0. The van der Waals surface area contributed by atoms with Gasteiger partial charge < -0.3 is 30.0 Å². The van der Waals surface area contributed by atoms with Crippen LogP contribution in [0.3, 0.4) is 0 Å². The Morgan fingerprint density at radius 3 is 2.14 bits per heavy atom. The molecule has 1 aromatic heterocycles. The summed E-state index contributed by atoms with van der Waals surface area (Å²) < 4.78 is 17.4. The van der Waals surface area contributed by atoms with Crippen LogP contribution in [0.5, 0.6) is 0 Å². The third-order valence-electron chi connectivity index (χ3n) is 6.73. The number of carbonyl (C=O) groups excluding carboxylic acids is 2. The third kappa shape index (κ3) is 7.07. The van der Waals surface area contributed by atoms with Crippen LogP contribution in [0.4, 0.5) is 10.7 Å². The Morgan fingerprint density at radius 1 is 1.06 bits per heavy atom. The lowest BCUT2D eigenvalue weighted by Crippen LogP contribution is -2.54. The molecule has 2 fully saturated rings. The number of amides is 2. The van der Waals surface area contributed by atoms with Gasteiger partial charge in [-0.15, -0.1) is 0 Å². The number of anilines is 1. The topological polar surface area (TPSA) is 124 Å². The smallest absolute Gasteiger partial charge is 0.444 e. The molecule has 1 saturated carbocycles. The summed E-state index contributed by atoms with van der Waals surface area (Å²) in [5.74, 6) is 0.225. The largest absolute Gasteiger partial charge is 0.498 e. The minimum Gasteiger partial charge on any atom is -0.444 e. The normalized spacial score (nSPS) is 24.4. The van der Waals surface area contributed by atoms with Crippen LogP contribution in [-0.4, -0.2) is 64.0 Å². The van der Waals surface area contributed by atoms with Crippen LogP contribution in [0.15, 0.2) is 12.4 Å². The maximum atomic E-state index is 12.7. The zero-order valence-electron chi connectivity index (χ0n) is 22.2. The lowest BCUT2D eigenvalue weighted by atomic mass is 9.81. The van der Waals surface area contributed by atoms with Gasteiger partial charge in [-0.1, -0.05) is 12.8 Å². The SMILES string of the molecule is CC(NC(=O)OC(C)(C)C)C(=O)NC1CCCCC1Nc1ncc(B2OC(C)(C)C(C)(C)O2)cn1. The van der Waals surface area contributed by atoms with Crippen LogP contribution in [0.1, 0.15) is 81.1 Å². The van der Waals surface area contributed by atoms with Gasteiger partial charge in [0.1, 0.15) is 11.6 Å². The van der Waals surface area contributed by atoms with Gasteiger partial charge in [0.2, 0.25) is 11.9 Å². The van der Waals surface area contributed by atoms with Gasteiger partial charge in [-0.05, 0) is 68.2 Å². The Labute approximate surface area is 208 Å². The average molecular weight is 489 g/mol. The van der Waals surface area contributed by atoms with Crippen LogP contribution < -0.4 is 21.4 Å². The van der Waals surface area contributed by atoms with E-state index < -0.39 is 36.1 Å². The van der Waals surface area contributed by atoms with Crippen molar-refractivity contribution in [3.63, 3.8) is 0 Å². The molecule has 0 radical (unpaired) electrons. The average Bonchev–Trinajstić information content (AvgIpc) is 2.95. The molecule has 11 heteroatoms. The fourth-order valence-corrected chi connectivity index (χ4v) is 4.01. The molecule has 3 rings (SSSR count). The van der Waals surface area contributed by atoms with Crippen molar-refractivity contribution in [3.8, 4) is 0 Å². The van der Waals surface area contributed by atoms with Crippen molar-refractivity contribution in [1.82, 2.24) is 20.6 Å². The molecule has 3 unspecified atom stereocenters. The predicted octanol–water partition coefficient (Wildman–Crippen LogP) is 2.53. The van der Waals surface area contributed by atoms with Crippen molar-refractivity contribution in [1.29, 1.82) is 0 Å². The van der Waals surface area contributed by atoms with Crippen molar-refractivity contribution < 1.29 is 23.6 Å². The monoisotopic (exact) mass is 489 g/mol. The Morgan fingerprint density at radius 2 is 1.60 bits per heavy atom. The Balaban J connectivity index is 1.57. The molecule has 2 aliphatic rings. The zero-order valence-corrected chi connectivity index (χ0v) is 22.2. The molecule has 0 spiro atoms. The van der Waals surface area contributed by atoms with Crippen molar-refractivity contribution in [2.24, 2.45) is 0 Å². The van der Waals surface area contributed by atoms with E-state index in [4.69, 9.17) is 14.0 Å². The number of ether oxygens (including phenoxy) is 1. The summed E-state index contributed by atoms with van der Waals surface area (Å²) in [7, 11) is -0.519. The van der Waals surface area contributed by atoms with Crippen LogP contribution in [0.2, 0.25) is 0 Å². The first kappa shape index (κ1) is 27.2. The maximum Gasteiger partial charge on any atom is 0.498 e.